The number of hydrogen-bond acceptors (Lipinski definition) is 5. The predicted octanol–water partition coefficient (Wildman–Crippen LogP) is 2.28. The third-order valence-corrected chi connectivity index (χ3v) is 5.44. The van der Waals surface area contributed by atoms with Gasteiger partial charge in [0.2, 0.25) is 0 Å². The maximum absolute atomic E-state index is 12.4. The van der Waals surface area contributed by atoms with E-state index in [0.29, 0.717) is 68.2 Å². The van der Waals surface area contributed by atoms with E-state index in [2.05, 4.69) is 15.2 Å². The van der Waals surface area contributed by atoms with Crippen LogP contribution in [0.2, 0.25) is 5.02 Å². The Labute approximate surface area is 180 Å². The van der Waals surface area contributed by atoms with Gasteiger partial charge >= 0.3 is 0 Å². The number of nitrogens with one attached hydrogen (secondary N) is 1. The highest BCUT2D eigenvalue weighted by Gasteiger charge is 2.25. The molecule has 2 aliphatic rings. The largest absolute Gasteiger partial charge is 0.486 e. The van der Waals surface area contributed by atoms with Crippen LogP contribution in [-0.4, -0.2) is 74.7 Å². The zero-order chi connectivity index (χ0) is 20.9. The highest BCUT2D eigenvalue weighted by atomic mass is 35.5. The first kappa shape index (κ1) is 20.4. The van der Waals surface area contributed by atoms with Crippen LogP contribution in [0.5, 0.6) is 11.5 Å². The summed E-state index contributed by atoms with van der Waals surface area (Å²) in [6.07, 6.45) is 2.29. The molecule has 1 aromatic carbocycles. The molecule has 1 saturated heterocycles. The molecule has 1 N–H and O–H groups in total. The Kier molecular flexibility index (Phi) is 6.32. The third-order valence-electron chi connectivity index (χ3n) is 5.16. The number of hydrogen-bond donors (Lipinski definition) is 1. The second-order valence-corrected chi connectivity index (χ2v) is 7.49. The Morgan fingerprint density at radius 2 is 1.93 bits per heavy atom. The van der Waals surface area contributed by atoms with Crippen LogP contribution < -0.4 is 14.8 Å². The Bertz CT molecular complexity index is 908. The van der Waals surface area contributed by atoms with E-state index in [9.17, 15) is 4.79 Å². The molecule has 9 heteroatoms. The van der Waals surface area contributed by atoms with Crippen LogP contribution in [0, 0.1) is 0 Å². The number of aliphatic imine (C=N–C) groups is 1. The van der Waals surface area contributed by atoms with Gasteiger partial charge in [-0.1, -0.05) is 11.6 Å². The maximum atomic E-state index is 12.4. The van der Waals surface area contributed by atoms with Gasteiger partial charge in [-0.05, 0) is 36.2 Å². The fourth-order valence-corrected chi connectivity index (χ4v) is 3.92. The number of ether oxygens (including phenoxy) is 2. The lowest BCUT2D eigenvalue weighted by Gasteiger charge is -2.36. The second-order valence-electron chi connectivity index (χ2n) is 7.08. The van der Waals surface area contributed by atoms with Gasteiger partial charge in [-0.2, -0.15) is 0 Å². The molecule has 1 aromatic heterocycles. The number of carbonyl (C=O) groups is 1. The van der Waals surface area contributed by atoms with Gasteiger partial charge in [0, 0.05) is 39.8 Å². The van der Waals surface area contributed by atoms with E-state index in [1.54, 1.807) is 24.1 Å². The van der Waals surface area contributed by atoms with Crippen molar-refractivity contribution in [3.05, 3.63) is 46.9 Å². The van der Waals surface area contributed by atoms with Crippen LogP contribution in [0.3, 0.4) is 0 Å². The number of guanidine groups is 1. The lowest BCUT2D eigenvalue weighted by Crippen LogP contribution is -2.54. The van der Waals surface area contributed by atoms with Crippen LogP contribution in [0.15, 0.2) is 39.9 Å². The molecule has 30 heavy (non-hydrogen) atoms. The van der Waals surface area contributed by atoms with Crippen molar-refractivity contribution in [2.75, 3.05) is 53.0 Å². The smallest absolute Gasteiger partial charge is 0.289 e. The minimum Gasteiger partial charge on any atom is -0.486 e. The molecule has 0 radical (unpaired) electrons. The lowest BCUT2D eigenvalue weighted by atomic mass is 10.1. The number of amides is 1. The van der Waals surface area contributed by atoms with Gasteiger partial charge in [0.25, 0.3) is 5.91 Å². The van der Waals surface area contributed by atoms with Crippen molar-refractivity contribution in [2.45, 2.75) is 6.42 Å². The van der Waals surface area contributed by atoms with E-state index in [4.69, 9.17) is 25.5 Å². The Morgan fingerprint density at radius 1 is 1.17 bits per heavy atom. The molecule has 2 aliphatic heterocycles. The highest BCUT2D eigenvalue weighted by molar-refractivity contribution is 6.32. The van der Waals surface area contributed by atoms with E-state index in [1.165, 1.54) is 6.26 Å². The molecule has 1 fully saturated rings. The standard InChI is InChI=1S/C21H25ClN4O4/c1-23-21(26-8-6-25(7-9-26)20(27)17-3-2-10-28-17)24-5-4-15-13-16(22)19-18(14-15)29-11-12-30-19/h2-3,10,13-14H,4-9,11-12H2,1H3,(H,23,24). The minimum atomic E-state index is -0.0712. The van der Waals surface area contributed by atoms with Crippen molar-refractivity contribution in [3.63, 3.8) is 0 Å². The maximum Gasteiger partial charge on any atom is 0.289 e. The van der Waals surface area contributed by atoms with Gasteiger partial charge in [0.05, 0.1) is 11.3 Å². The molecular weight excluding hydrogens is 408 g/mol. The molecule has 0 aliphatic carbocycles. The van der Waals surface area contributed by atoms with Gasteiger partial charge in [-0.15, -0.1) is 0 Å². The van der Waals surface area contributed by atoms with Gasteiger partial charge in [-0.25, -0.2) is 0 Å². The summed E-state index contributed by atoms with van der Waals surface area (Å²) in [7, 11) is 1.77. The summed E-state index contributed by atoms with van der Waals surface area (Å²) in [5.41, 5.74) is 1.07. The number of halogens is 1. The first-order chi connectivity index (χ1) is 14.7. The molecule has 0 bridgehead atoms. The average molecular weight is 433 g/mol. The number of benzene rings is 1. The molecule has 0 atom stereocenters. The van der Waals surface area contributed by atoms with Gasteiger partial charge in [-0.3, -0.25) is 9.79 Å². The quantitative estimate of drug-likeness (QED) is 0.590. The molecule has 0 saturated carbocycles. The van der Waals surface area contributed by atoms with E-state index < -0.39 is 0 Å². The van der Waals surface area contributed by atoms with Gasteiger partial charge in [0.15, 0.2) is 23.2 Å². The monoisotopic (exact) mass is 432 g/mol. The van der Waals surface area contributed by atoms with E-state index in [0.717, 1.165) is 17.9 Å². The fraction of sp³-hybridized carbons (Fsp3) is 0.429. The van der Waals surface area contributed by atoms with Crippen molar-refractivity contribution < 1.29 is 18.7 Å². The molecule has 0 unspecified atom stereocenters. The molecule has 0 spiro atoms. The van der Waals surface area contributed by atoms with Crippen molar-refractivity contribution in [1.29, 1.82) is 0 Å². The first-order valence-corrected chi connectivity index (χ1v) is 10.4. The van der Waals surface area contributed by atoms with Crippen LogP contribution >= 0.6 is 11.6 Å². The Balaban J connectivity index is 1.28. The van der Waals surface area contributed by atoms with Crippen LogP contribution in [-0.2, 0) is 6.42 Å². The predicted molar refractivity (Wildman–Crippen MR) is 114 cm³/mol. The zero-order valence-electron chi connectivity index (χ0n) is 16.9. The number of piperazine rings is 1. The molecule has 160 valence electrons. The number of fused-ring (bicyclic) bond motifs is 1. The van der Waals surface area contributed by atoms with E-state index in [-0.39, 0.29) is 5.91 Å². The summed E-state index contributed by atoms with van der Waals surface area (Å²) in [5.74, 6) is 2.45. The summed E-state index contributed by atoms with van der Waals surface area (Å²) in [6, 6.07) is 7.31. The Hall–Kier alpha value is -2.87. The van der Waals surface area contributed by atoms with E-state index in [1.807, 2.05) is 12.1 Å². The average Bonchev–Trinajstić information content (AvgIpc) is 3.31. The molecular formula is C21H25ClN4O4. The molecule has 8 nitrogen and oxygen atoms in total. The Morgan fingerprint density at radius 3 is 2.67 bits per heavy atom. The van der Waals surface area contributed by atoms with Crippen molar-refractivity contribution in [2.24, 2.45) is 4.99 Å². The summed E-state index contributed by atoms with van der Waals surface area (Å²) < 4.78 is 16.4. The number of nitrogens with zero attached hydrogens (tertiary/aromatic N) is 3. The summed E-state index contributed by atoms with van der Waals surface area (Å²) in [6.45, 7) is 4.42. The van der Waals surface area contributed by atoms with Crippen molar-refractivity contribution in [1.82, 2.24) is 15.1 Å². The summed E-state index contributed by atoms with van der Waals surface area (Å²) in [5, 5.41) is 3.97. The van der Waals surface area contributed by atoms with Gasteiger partial charge in [0.1, 0.15) is 13.2 Å². The summed E-state index contributed by atoms with van der Waals surface area (Å²) >= 11 is 6.32. The fourth-order valence-electron chi connectivity index (χ4n) is 3.64. The second kappa shape index (κ2) is 9.30. The molecule has 2 aromatic rings. The van der Waals surface area contributed by atoms with Crippen molar-refractivity contribution in [3.8, 4) is 11.5 Å². The first-order valence-electron chi connectivity index (χ1n) is 10.0. The third kappa shape index (κ3) is 4.48. The molecule has 4 rings (SSSR count). The van der Waals surface area contributed by atoms with Crippen LogP contribution in [0.4, 0.5) is 0 Å². The minimum absolute atomic E-state index is 0.0712. The van der Waals surface area contributed by atoms with E-state index >= 15 is 0 Å². The normalized spacial score (nSPS) is 16.5. The lowest BCUT2D eigenvalue weighted by molar-refractivity contribution is 0.0658. The number of rotatable bonds is 4. The molecule has 3 heterocycles. The van der Waals surface area contributed by atoms with Crippen LogP contribution in [0.1, 0.15) is 16.1 Å². The molecule has 1 amide bonds. The zero-order valence-corrected chi connectivity index (χ0v) is 17.7. The van der Waals surface area contributed by atoms with Crippen molar-refractivity contribution >= 4 is 23.5 Å². The van der Waals surface area contributed by atoms with Crippen LogP contribution in [0.25, 0.3) is 0 Å². The topological polar surface area (TPSA) is 79.5 Å². The highest BCUT2D eigenvalue weighted by Crippen LogP contribution is 2.38. The number of furan rings is 1. The number of carbonyl (C=O) groups excluding carboxylic acids is 1. The SMILES string of the molecule is CN=C(NCCc1cc(Cl)c2c(c1)OCCO2)N1CCN(C(=O)c2ccco2)CC1. The van der Waals surface area contributed by atoms with Gasteiger partial charge < -0.3 is 29.0 Å². The summed E-state index contributed by atoms with van der Waals surface area (Å²) in [4.78, 5) is 20.8.